The highest BCUT2D eigenvalue weighted by Crippen LogP contribution is 2.15. The summed E-state index contributed by atoms with van der Waals surface area (Å²) in [6.45, 7) is 6.79. The number of rotatable bonds is 8. The van der Waals surface area contributed by atoms with Crippen LogP contribution in [-0.2, 0) is 11.3 Å². The normalized spacial score (nSPS) is 14.7. The molecule has 1 atom stereocenters. The number of carbonyl (C=O) groups is 1. The van der Waals surface area contributed by atoms with E-state index in [4.69, 9.17) is 5.73 Å². The molecule has 0 spiro atoms. The van der Waals surface area contributed by atoms with Gasteiger partial charge in [0.1, 0.15) is 0 Å². The summed E-state index contributed by atoms with van der Waals surface area (Å²) in [6.07, 6.45) is 6.40. The molecule has 1 amide bonds. The van der Waals surface area contributed by atoms with Crippen LogP contribution in [0.2, 0.25) is 0 Å². The van der Waals surface area contributed by atoms with Crippen LogP contribution in [0.4, 0.5) is 0 Å². The Balaban J connectivity index is 2.36. The van der Waals surface area contributed by atoms with Crippen molar-refractivity contribution in [1.29, 1.82) is 0 Å². The molecule has 0 saturated heterocycles. The third-order valence-electron chi connectivity index (χ3n) is 3.02. The Morgan fingerprint density at radius 2 is 2.22 bits per heavy atom. The van der Waals surface area contributed by atoms with E-state index in [1.165, 1.54) is 0 Å². The summed E-state index contributed by atoms with van der Waals surface area (Å²) >= 11 is 0. The summed E-state index contributed by atoms with van der Waals surface area (Å²) in [7, 11) is 0. The van der Waals surface area contributed by atoms with Crippen LogP contribution in [0.5, 0.6) is 0 Å². The first kappa shape index (κ1) is 14.7. The molecule has 0 fully saturated rings. The number of amides is 1. The van der Waals surface area contributed by atoms with E-state index in [-0.39, 0.29) is 11.9 Å². The molecule has 3 N–H and O–H groups in total. The van der Waals surface area contributed by atoms with E-state index in [2.05, 4.69) is 10.4 Å². The molecule has 5 heteroatoms. The molecule has 0 aliphatic rings. The van der Waals surface area contributed by atoms with Gasteiger partial charge in [0, 0.05) is 25.0 Å². The number of aryl methyl sites for hydroxylation is 1. The van der Waals surface area contributed by atoms with Crippen molar-refractivity contribution in [2.75, 3.05) is 0 Å². The lowest BCUT2D eigenvalue weighted by Gasteiger charge is -2.29. The van der Waals surface area contributed by atoms with Crippen LogP contribution in [0.3, 0.4) is 0 Å². The van der Waals surface area contributed by atoms with Crippen molar-refractivity contribution in [2.24, 2.45) is 5.73 Å². The summed E-state index contributed by atoms with van der Waals surface area (Å²) in [4.78, 5) is 11.5. The van der Waals surface area contributed by atoms with Crippen LogP contribution in [0.25, 0.3) is 0 Å². The van der Waals surface area contributed by atoms with Crippen molar-refractivity contribution in [3.05, 3.63) is 18.5 Å². The number of unbranched alkanes of at least 4 members (excludes halogenated alkanes) is 1. The van der Waals surface area contributed by atoms with Crippen molar-refractivity contribution in [3.8, 4) is 0 Å². The first-order valence-electron chi connectivity index (χ1n) is 6.49. The van der Waals surface area contributed by atoms with Gasteiger partial charge in [-0.2, -0.15) is 5.10 Å². The van der Waals surface area contributed by atoms with Crippen LogP contribution in [0, 0.1) is 0 Å². The van der Waals surface area contributed by atoms with Gasteiger partial charge in [0.15, 0.2) is 0 Å². The van der Waals surface area contributed by atoms with Gasteiger partial charge in [-0.25, -0.2) is 0 Å². The van der Waals surface area contributed by atoms with E-state index < -0.39 is 5.54 Å². The molecule has 0 aliphatic heterocycles. The fourth-order valence-electron chi connectivity index (χ4n) is 2.09. The van der Waals surface area contributed by atoms with Gasteiger partial charge < -0.3 is 11.1 Å². The van der Waals surface area contributed by atoms with Gasteiger partial charge in [0.05, 0.1) is 5.54 Å². The van der Waals surface area contributed by atoms with E-state index >= 15 is 0 Å². The lowest BCUT2D eigenvalue weighted by atomic mass is 9.93. The SMILES string of the molecule is CC(C)NC(C)(CCCCn1cccn1)C(N)=O. The molecule has 0 aliphatic carbocycles. The fourth-order valence-corrected chi connectivity index (χ4v) is 2.09. The second kappa shape index (κ2) is 6.54. The molecule has 0 bridgehead atoms. The number of hydrogen-bond donors (Lipinski definition) is 2. The Morgan fingerprint density at radius 3 is 2.72 bits per heavy atom. The molecule has 1 heterocycles. The minimum atomic E-state index is -0.613. The molecule has 18 heavy (non-hydrogen) atoms. The Morgan fingerprint density at radius 1 is 1.50 bits per heavy atom. The second-order valence-corrected chi connectivity index (χ2v) is 5.22. The molecule has 1 aromatic heterocycles. The highest BCUT2D eigenvalue weighted by atomic mass is 16.1. The monoisotopic (exact) mass is 252 g/mol. The maximum atomic E-state index is 11.5. The summed E-state index contributed by atoms with van der Waals surface area (Å²) in [5.74, 6) is -0.282. The van der Waals surface area contributed by atoms with Crippen molar-refractivity contribution in [2.45, 2.75) is 58.2 Å². The fraction of sp³-hybridized carbons (Fsp3) is 0.692. The zero-order valence-electron chi connectivity index (χ0n) is 11.5. The van der Waals surface area contributed by atoms with Crippen LogP contribution in [0.15, 0.2) is 18.5 Å². The second-order valence-electron chi connectivity index (χ2n) is 5.22. The zero-order valence-corrected chi connectivity index (χ0v) is 11.5. The van der Waals surface area contributed by atoms with Gasteiger partial charge in [-0.3, -0.25) is 9.48 Å². The number of nitrogens with one attached hydrogen (secondary N) is 1. The maximum Gasteiger partial charge on any atom is 0.237 e. The lowest BCUT2D eigenvalue weighted by Crippen LogP contribution is -2.55. The summed E-state index contributed by atoms with van der Waals surface area (Å²) < 4.78 is 1.90. The van der Waals surface area contributed by atoms with E-state index in [0.29, 0.717) is 0 Å². The predicted octanol–water partition coefficient (Wildman–Crippen LogP) is 1.30. The number of nitrogens with two attached hydrogens (primary N) is 1. The summed E-state index contributed by atoms with van der Waals surface area (Å²) in [5.41, 5.74) is 4.86. The third kappa shape index (κ3) is 4.49. The molecule has 5 nitrogen and oxygen atoms in total. The molecule has 0 saturated carbocycles. The molecule has 1 aromatic rings. The van der Waals surface area contributed by atoms with E-state index in [1.54, 1.807) is 6.20 Å². The number of carbonyl (C=O) groups excluding carboxylic acids is 1. The average Bonchev–Trinajstić information content (AvgIpc) is 2.76. The molecule has 1 unspecified atom stereocenters. The van der Waals surface area contributed by atoms with Crippen LogP contribution < -0.4 is 11.1 Å². The molecule has 0 radical (unpaired) electrons. The molecular weight excluding hydrogens is 228 g/mol. The van der Waals surface area contributed by atoms with Crippen molar-refractivity contribution in [1.82, 2.24) is 15.1 Å². The van der Waals surface area contributed by atoms with Crippen molar-refractivity contribution in [3.63, 3.8) is 0 Å². The maximum absolute atomic E-state index is 11.5. The van der Waals surface area contributed by atoms with Crippen LogP contribution >= 0.6 is 0 Å². The van der Waals surface area contributed by atoms with E-state index in [1.807, 2.05) is 37.7 Å². The molecule has 1 rings (SSSR count). The largest absolute Gasteiger partial charge is 0.368 e. The van der Waals surface area contributed by atoms with Crippen LogP contribution in [-0.4, -0.2) is 27.3 Å². The van der Waals surface area contributed by atoms with Crippen molar-refractivity contribution >= 4 is 5.91 Å². The third-order valence-corrected chi connectivity index (χ3v) is 3.02. The Hall–Kier alpha value is -1.36. The minimum absolute atomic E-state index is 0.244. The molecular formula is C13H24N4O. The lowest BCUT2D eigenvalue weighted by molar-refractivity contribution is -0.124. The molecule has 0 aromatic carbocycles. The Bertz CT molecular complexity index is 361. The van der Waals surface area contributed by atoms with Gasteiger partial charge >= 0.3 is 0 Å². The van der Waals surface area contributed by atoms with Crippen molar-refractivity contribution < 1.29 is 4.79 Å². The van der Waals surface area contributed by atoms with E-state index in [0.717, 1.165) is 25.8 Å². The quantitative estimate of drug-likeness (QED) is 0.685. The smallest absolute Gasteiger partial charge is 0.237 e. The predicted molar refractivity (Wildman–Crippen MR) is 71.9 cm³/mol. The topological polar surface area (TPSA) is 72.9 Å². The molecule has 102 valence electrons. The highest BCUT2D eigenvalue weighted by molar-refractivity contribution is 5.84. The van der Waals surface area contributed by atoms with Gasteiger partial charge in [0.2, 0.25) is 5.91 Å². The Labute approximate surface area is 109 Å². The minimum Gasteiger partial charge on any atom is -0.368 e. The number of hydrogen-bond acceptors (Lipinski definition) is 3. The average molecular weight is 252 g/mol. The standard InChI is InChI=1S/C13H24N4O/c1-11(2)16-13(3,12(14)18)7-4-5-9-17-10-6-8-15-17/h6,8,10-11,16H,4-5,7,9H2,1-3H3,(H2,14,18). The van der Waals surface area contributed by atoms with Gasteiger partial charge in [-0.1, -0.05) is 0 Å². The highest BCUT2D eigenvalue weighted by Gasteiger charge is 2.30. The van der Waals surface area contributed by atoms with Gasteiger partial charge in [-0.15, -0.1) is 0 Å². The Kier molecular flexibility index (Phi) is 5.34. The first-order chi connectivity index (χ1) is 8.44. The van der Waals surface area contributed by atoms with Gasteiger partial charge in [0.25, 0.3) is 0 Å². The first-order valence-corrected chi connectivity index (χ1v) is 6.49. The number of aromatic nitrogens is 2. The van der Waals surface area contributed by atoms with E-state index in [9.17, 15) is 4.79 Å². The number of nitrogens with zero attached hydrogens (tertiary/aromatic N) is 2. The van der Waals surface area contributed by atoms with Crippen LogP contribution in [0.1, 0.15) is 40.0 Å². The number of primary amides is 1. The summed E-state index contributed by atoms with van der Waals surface area (Å²) in [5, 5.41) is 7.40. The van der Waals surface area contributed by atoms with Gasteiger partial charge in [-0.05, 0) is 46.1 Å². The zero-order chi connectivity index (χ0) is 13.6. The summed E-state index contributed by atoms with van der Waals surface area (Å²) in [6, 6.07) is 2.15.